The number of sulfonamides is 1. The third kappa shape index (κ3) is 2.86. The second kappa shape index (κ2) is 6.28. The number of aromatic nitrogens is 4. The maximum Gasteiger partial charge on any atom is 0.260 e. The van der Waals surface area contributed by atoms with Gasteiger partial charge in [-0.15, -0.1) is 0 Å². The molecule has 3 rings (SSSR count). The second-order valence-electron chi connectivity index (χ2n) is 5.93. The Morgan fingerprint density at radius 3 is 2.75 bits per heavy atom. The van der Waals surface area contributed by atoms with Crippen molar-refractivity contribution in [2.45, 2.75) is 37.6 Å². The Morgan fingerprint density at radius 2 is 2.12 bits per heavy atom. The maximum atomic E-state index is 13.0. The van der Waals surface area contributed by atoms with Gasteiger partial charge in [-0.3, -0.25) is 9.36 Å². The third-order valence-corrected chi connectivity index (χ3v) is 6.22. The van der Waals surface area contributed by atoms with Crippen molar-refractivity contribution in [3.63, 3.8) is 0 Å². The Hall–Kier alpha value is -1.75. The molecular weight excluding hydrogens is 334 g/mol. The van der Waals surface area contributed by atoms with Crippen LogP contribution in [-0.4, -0.2) is 55.6 Å². The van der Waals surface area contributed by atoms with Gasteiger partial charge in [0.05, 0.1) is 30.7 Å². The lowest BCUT2D eigenvalue weighted by atomic mass is 10.2. The van der Waals surface area contributed by atoms with Crippen LogP contribution in [0.2, 0.25) is 0 Å². The molecule has 9 nitrogen and oxygen atoms in total. The largest absolute Gasteiger partial charge is 0.393 e. The minimum Gasteiger partial charge on any atom is -0.393 e. The lowest BCUT2D eigenvalue weighted by Crippen LogP contribution is -2.32. The van der Waals surface area contributed by atoms with E-state index in [-0.39, 0.29) is 11.6 Å². The zero-order chi connectivity index (χ0) is 17.5. The van der Waals surface area contributed by atoms with Crippen LogP contribution in [0.5, 0.6) is 0 Å². The third-order valence-electron chi connectivity index (χ3n) is 4.15. The normalized spacial score (nSPS) is 17.5. The fraction of sp³-hybridized carbons (Fsp3) is 0.571. The van der Waals surface area contributed by atoms with E-state index in [4.69, 9.17) is 5.11 Å². The highest BCUT2D eigenvalue weighted by molar-refractivity contribution is 7.89. The van der Waals surface area contributed by atoms with Crippen LogP contribution in [0, 0.1) is 6.92 Å². The minimum absolute atomic E-state index is 0.165. The van der Waals surface area contributed by atoms with Crippen molar-refractivity contribution in [3.8, 4) is 0 Å². The molecule has 0 amide bonds. The molecule has 1 atom stereocenters. The Bertz CT molecular complexity index is 822. The van der Waals surface area contributed by atoms with Crippen LogP contribution in [0.15, 0.2) is 17.3 Å². The molecule has 2 N–H and O–H groups in total. The number of fused-ring (bicyclic) bond motifs is 1. The standard InChI is InChI=1S/C14H21N5O4S/c1-10-7-15-17(2)14(10)24(22,23)18-4-3-5-19-11(8-18)6-12(16-19)13(21)9-20/h6-7,13,20-21H,3-5,8-9H2,1-2H3/t13-/m1/s1. The molecule has 0 aliphatic carbocycles. The van der Waals surface area contributed by atoms with Crippen molar-refractivity contribution in [3.05, 3.63) is 29.2 Å². The summed E-state index contributed by atoms with van der Waals surface area (Å²) in [6.45, 7) is 2.40. The predicted molar refractivity (Wildman–Crippen MR) is 84.4 cm³/mol. The van der Waals surface area contributed by atoms with E-state index in [0.717, 1.165) is 0 Å². The Labute approximate surface area is 140 Å². The first-order valence-electron chi connectivity index (χ1n) is 7.69. The van der Waals surface area contributed by atoms with Gasteiger partial charge >= 0.3 is 0 Å². The summed E-state index contributed by atoms with van der Waals surface area (Å²) in [6.07, 6.45) is 1.08. The molecular formula is C14H21N5O4S. The van der Waals surface area contributed by atoms with Crippen LogP contribution < -0.4 is 0 Å². The molecule has 0 saturated heterocycles. The van der Waals surface area contributed by atoms with Crippen molar-refractivity contribution < 1.29 is 18.6 Å². The maximum absolute atomic E-state index is 13.0. The molecule has 2 aromatic heterocycles. The van der Waals surface area contributed by atoms with Crippen molar-refractivity contribution in [1.82, 2.24) is 23.9 Å². The second-order valence-corrected chi connectivity index (χ2v) is 7.78. The molecule has 10 heteroatoms. The molecule has 0 unspecified atom stereocenters. The first kappa shape index (κ1) is 17.1. The molecule has 0 spiro atoms. The Morgan fingerprint density at radius 1 is 1.38 bits per heavy atom. The fourth-order valence-corrected chi connectivity index (χ4v) is 4.70. The van der Waals surface area contributed by atoms with Crippen LogP contribution in [-0.2, 0) is 30.2 Å². The lowest BCUT2D eigenvalue weighted by molar-refractivity contribution is 0.0916. The topological polar surface area (TPSA) is 113 Å². The summed E-state index contributed by atoms with van der Waals surface area (Å²) < 4.78 is 30.5. The van der Waals surface area contributed by atoms with E-state index in [1.54, 1.807) is 24.7 Å². The highest BCUT2D eigenvalue weighted by Crippen LogP contribution is 2.24. The van der Waals surface area contributed by atoms with Crippen molar-refractivity contribution >= 4 is 10.0 Å². The summed E-state index contributed by atoms with van der Waals surface area (Å²) in [7, 11) is -2.07. The molecule has 0 radical (unpaired) electrons. The average molecular weight is 355 g/mol. The number of hydrogen-bond acceptors (Lipinski definition) is 6. The van der Waals surface area contributed by atoms with E-state index in [9.17, 15) is 13.5 Å². The molecule has 0 bridgehead atoms. The van der Waals surface area contributed by atoms with E-state index in [1.165, 1.54) is 15.2 Å². The van der Waals surface area contributed by atoms with Gasteiger partial charge in [0.15, 0.2) is 5.03 Å². The van der Waals surface area contributed by atoms with Gasteiger partial charge in [-0.25, -0.2) is 8.42 Å². The molecule has 0 saturated carbocycles. The summed E-state index contributed by atoms with van der Waals surface area (Å²) in [5.41, 5.74) is 1.65. The van der Waals surface area contributed by atoms with Crippen LogP contribution in [0.4, 0.5) is 0 Å². The first-order chi connectivity index (χ1) is 11.3. The molecule has 2 aromatic rings. The number of aliphatic hydroxyl groups is 2. The van der Waals surface area contributed by atoms with E-state index >= 15 is 0 Å². The summed E-state index contributed by atoms with van der Waals surface area (Å²) >= 11 is 0. The van der Waals surface area contributed by atoms with Gasteiger partial charge in [0.25, 0.3) is 10.0 Å². The summed E-state index contributed by atoms with van der Waals surface area (Å²) in [4.78, 5) is 0. The van der Waals surface area contributed by atoms with Crippen molar-refractivity contribution in [2.75, 3.05) is 13.2 Å². The summed E-state index contributed by atoms with van der Waals surface area (Å²) in [5, 5.41) is 27.3. The van der Waals surface area contributed by atoms with Crippen LogP contribution >= 0.6 is 0 Å². The summed E-state index contributed by atoms with van der Waals surface area (Å²) in [5.74, 6) is 0. The molecule has 0 aromatic carbocycles. The Kier molecular flexibility index (Phi) is 4.47. The SMILES string of the molecule is Cc1cnn(C)c1S(=O)(=O)N1CCCn2nc([C@H](O)CO)cc2C1. The zero-order valence-electron chi connectivity index (χ0n) is 13.6. The van der Waals surface area contributed by atoms with Crippen LogP contribution in [0.1, 0.15) is 29.5 Å². The van der Waals surface area contributed by atoms with Crippen LogP contribution in [0.25, 0.3) is 0 Å². The Balaban J connectivity index is 1.95. The highest BCUT2D eigenvalue weighted by atomic mass is 32.2. The first-order valence-corrected chi connectivity index (χ1v) is 9.13. The van der Waals surface area contributed by atoms with Crippen LogP contribution in [0.3, 0.4) is 0 Å². The molecule has 1 aliphatic rings. The smallest absolute Gasteiger partial charge is 0.260 e. The average Bonchev–Trinajstić information content (AvgIpc) is 3.03. The number of rotatable bonds is 4. The molecule has 0 fully saturated rings. The molecule has 132 valence electrons. The van der Waals surface area contributed by atoms with Gasteiger partial charge in [0, 0.05) is 25.7 Å². The summed E-state index contributed by atoms with van der Waals surface area (Å²) in [6, 6.07) is 1.64. The zero-order valence-corrected chi connectivity index (χ0v) is 14.4. The minimum atomic E-state index is -3.68. The van der Waals surface area contributed by atoms with Gasteiger partial charge in [0.1, 0.15) is 6.10 Å². The van der Waals surface area contributed by atoms with Gasteiger partial charge in [0.2, 0.25) is 0 Å². The molecule has 24 heavy (non-hydrogen) atoms. The highest BCUT2D eigenvalue weighted by Gasteiger charge is 2.31. The predicted octanol–water partition coefficient (Wildman–Crippen LogP) is -0.455. The molecule has 3 heterocycles. The van der Waals surface area contributed by atoms with E-state index in [2.05, 4.69) is 10.2 Å². The number of hydrogen-bond donors (Lipinski definition) is 2. The van der Waals surface area contributed by atoms with Crippen molar-refractivity contribution in [1.29, 1.82) is 0 Å². The van der Waals surface area contributed by atoms with Gasteiger partial charge in [-0.2, -0.15) is 14.5 Å². The quantitative estimate of drug-likeness (QED) is 0.768. The van der Waals surface area contributed by atoms with E-state index in [1.807, 2.05) is 0 Å². The lowest BCUT2D eigenvalue weighted by Gasteiger charge is -2.20. The number of nitrogens with zero attached hydrogens (tertiary/aromatic N) is 5. The monoisotopic (exact) mass is 355 g/mol. The van der Waals surface area contributed by atoms with Gasteiger partial charge < -0.3 is 10.2 Å². The van der Waals surface area contributed by atoms with Gasteiger partial charge in [-0.05, 0) is 19.4 Å². The fourth-order valence-electron chi connectivity index (χ4n) is 2.95. The van der Waals surface area contributed by atoms with Gasteiger partial charge in [-0.1, -0.05) is 0 Å². The van der Waals surface area contributed by atoms with E-state index < -0.39 is 22.7 Å². The molecule has 1 aliphatic heterocycles. The van der Waals surface area contributed by atoms with Crippen molar-refractivity contribution in [2.24, 2.45) is 7.05 Å². The number of aryl methyl sites for hydroxylation is 3. The van der Waals surface area contributed by atoms with E-state index in [0.29, 0.717) is 36.5 Å². The number of aliphatic hydroxyl groups excluding tert-OH is 2.